The molecule has 1 amide bonds. The Bertz CT molecular complexity index is 1020. The number of aromatic nitrogens is 2. The molecule has 0 radical (unpaired) electrons. The van der Waals surface area contributed by atoms with E-state index in [-0.39, 0.29) is 5.91 Å². The normalized spacial score (nSPS) is 31.3. The summed E-state index contributed by atoms with van der Waals surface area (Å²) in [5.41, 5.74) is 3.09. The van der Waals surface area contributed by atoms with Gasteiger partial charge in [-0.1, -0.05) is 24.3 Å². The van der Waals surface area contributed by atoms with Gasteiger partial charge in [0.25, 0.3) is 5.91 Å². The van der Waals surface area contributed by atoms with Gasteiger partial charge in [0.05, 0.1) is 11.6 Å². The van der Waals surface area contributed by atoms with Gasteiger partial charge in [0, 0.05) is 48.0 Å². The second-order valence-electron chi connectivity index (χ2n) is 8.45. The molecule has 1 aromatic carbocycles. The second kappa shape index (κ2) is 6.17. The van der Waals surface area contributed by atoms with Crippen LogP contribution in [0.25, 0.3) is 10.9 Å². The summed E-state index contributed by atoms with van der Waals surface area (Å²) in [4.78, 5) is 26.2. The van der Waals surface area contributed by atoms with E-state index < -0.39 is 0 Å². The first-order valence-corrected chi connectivity index (χ1v) is 10.3. The van der Waals surface area contributed by atoms with Gasteiger partial charge in [-0.15, -0.1) is 0 Å². The highest BCUT2D eigenvalue weighted by Gasteiger charge is 2.54. The Hall–Kier alpha value is -2.66. The zero-order chi connectivity index (χ0) is 18.7. The number of para-hydroxylation sites is 1. The molecule has 4 fully saturated rings. The van der Waals surface area contributed by atoms with Crippen molar-refractivity contribution in [2.45, 2.75) is 30.8 Å². The number of carbonyl (C=O) groups excluding carboxylic acids is 1. The van der Waals surface area contributed by atoms with Crippen LogP contribution in [-0.2, 0) is 0 Å². The molecule has 0 spiro atoms. The molecule has 3 atom stereocenters. The lowest BCUT2D eigenvalue weighted by atomic mass is 9.75. The zero-order valence-corrected chi connectivity index (χ0v) is 15.8. The summed E-state index contributed by atoms with van der Waals surface area (Å²) in [7, 11) is 0. The third-order valence-electron chi connectivity index (χ3n) is 7.19. The number of piperidine rings is 3. The number of nitrogens with one attached hydrogen (secondary N) is 1. The molecule has 0 aliphatic carbocycles. The number of carbonyl (C=O) groups is 1. The van der Waals surface area contributed by atoms with E-state index in [0.717, 1.165) is 36.1 Å². The Kier molecular flexibility index (Phi) is 3.60. The lowest BCUT2D eigenvalue weighted by Gasteiger charge is -2.51. The maximum atomic E-state index is 13.7. The van der Waals surface area contributed by atoms with Crippen LogP contribution < -0.4 is 0 Å². The van der Waals surface area contributed by atoms with Crippen molar-refractivity contribution < 1.29 is 4.79 Å². The fourth-order valence-corrected chi connectivity index (χ4v) is 5.95. The molecule has 2 bridgehead atoms. The number of hydrogen-bond acceptors (Lipinski definition) is 3. The van der Waals surface area contributed by atoms with Gasteiger partial charge in [-0.25, -0.2) is 0 Å². The Morgan fingerprint density at radius 2 is 1.93 bits per heavy atom. The van der Waals surface area contributed by atoms with Crippen molar-refractivity contribution in [3.05, 3.63) is 66.1 Å². The van der Waals surface area contributed by atoms with Gasteiger partial charge in [-0.05, 0) is 49.5 Å². The van der Waals surface area contributed by atoms with Crippen LogP contribution in [0.2, 0.25) is 0 Å². The zero-order valence-electron chi connectivity index (χ0n) is 15.8. The van der Waals surface area contributed by atoms with Crippen LogP contribution in [-0.4, -0.2) is 57.4 Å². The van der Waals surface area contributed by atoms with E-state index in [1.807, 2.05) is 48.9 Å². The van der Waals surface area contributed by atoms with Crippen molar-refractivity contribution in [3.8, 4) is 0 Å². The molecule has 7 rings (SSSR count). The summed E-state index contributed by atoms with van der Waals surface area (Å²) >= 11 is 0. The molecule has 3 aromatic rings. The van der Waals surface area contributed by atoms with Crippen LogP contribution in [0.5, 0.6) is 0 Å². The number of rotatable bonds is 2. The van der Waals surface area contributed by atoms with Crippen LogP contribution in [0.15, 0.2) is 55.0 Å². The molecule has 3 unspecified atom stereocenters. The highest BCUT2D eigenvalue weighted by molar-refractivity contribution is 6.07. The molecule has 4 saturated heterocycles. The summed E-state index contributed by atoms with van der Waals surface area (Å²) in [6.07, 6.45) is 8.13. The largest absolute Gasteiger partial charge is 0.360 e. The number of aromatic amines is 1. The quantitative estimate of drug-likeness (QED) is 0.751. The van der Waals surface area contributed by atoms with Gasteiger partial charge in [-0.3, -0.25) is 14.7 Å². The van der Waals surface area contributed by atoms with Crippen molar-refractivity contribution in [1.29, 1.82) is 0 Å². The standard InChI is InChI=1S/C23H24N4O/c28-23(18-13-25-20-6-2-1-5-17(18)20)27-14-19(16-4-3-9-24-12-16)22-21(27)15-7-10-26(22)11-8-15/h1-6,9,12-13,15,19,21-22,25H,7-8,10-11,14H2. The maximum Gasteiger partial charge on any atom is 0.256 e. The topological polar surface area (TPSA) is 52.2 Å². The van der Waals surface area contributed by atoms with Gasteiger partial charge < -0.3 is 9.88 Å². The van der Waals surface area contributed by atoms with E-state index >= 15 is 0 Å². The molecule has 4 aliphatic heterocycles. The molecular weight excluding hydrogens is 348 g/mol. The molecule has 1 N–H and O–H groups in total. The van der Waals surface area contributed by atoms with Crippen LogP contribution in [0, 0.1) is 5.92 Å². The highest BCUT2D eigenvalue weighted by Crippen LogP contribution is 2.47. The average Bonchev–Trinajstić information content (AvgIpc) is 3.38. The van der Waals surface area contributed by atoms with Crippen molar-refractivity contribution in [2.24, 2.45) is 5.92 Å². The predicted octanol–water partition coefficient (Wildman–Crippen LogP) is 3.27. The summed E-state index contributed by atoms with van der Waals surface area (Å²) in [5, 5.41) is 1.02. The fraction of sp³-hybridized carbons (Fsp3) is 0.391. The Balaban J connectivity index is 1.42. The number of H-pyrrole nitrogens is 1. The molecule has 142 valence electrons. The van der Waals surface area contributed by atoms with E-state index in [0.29, 0.717) is 23.9 Å². The highest BCUT2D eigenvalue weighted by atomic mass is 16.2. The Morgan fingerprint density at radius 1 is 1.07 bits per heavy atom. The van der Waals surface area contributed by atoms with Gasteiger partial charge in [0.1, 0.15) is 0 Å². The molecule has 6 heterocycles. The maximum absolute atomic E-state index is 13.7. The van der Waals surface area contributed by atoms with E-state index in [1.165, 1.54) is 18.4 Å². The molecule has 0 saturated carbocycles. The van der Waals surface area contributed by atoms with Gasteiger partial charge in [0.15, 0.2) is 0 Å². The molecule has 5 nitrogen and oxygen atoms in total. The van der Waals surface area contributed by atoms with Gasteiger partial charge >= 0.3 is 0 Å². The first-order chi connectivity index (χ1) is 13.8. The van der Waals surface area contributed by atoms with Crippen molar-refractivity contribution in [3.63, 3.8) is 0 Å². The third-order valence-corrected chi connectivity index (χ3v) is 7.19. The average molecular weight is 372 g/mol. The minimum absolute atomic E-state index is 0.174. The van der Waals surface area contributed by atoms with Crippen LogP contribution in [0.4, 0.5) is 0 Å². The number of nitrogens with zero attached hydrogens (tertiary/aromatic N) is 3. The smallest absolute Gasteiger partial charge is 0.256 e. The van der Waals surface area contributed by atoms with Gasteiger partial charge in [0.2, 0.25) is 0 Å². The predicted molar refractivity (Wildman–Crippen MR) is 108 cm³/mol. The summed E-state index contributed by atoms with van der Waals surface area (Å²) < 4.78 is 0. The summed E-state index contributed by atoms with van der Waals surface area (Å²) in [6, 6.07) is 13.0. The van der Waals surface area contributed by atoms with E-state index in [4.69, 9.17) is 0 Å². The number of benzene rings is 1. The Labute approximate surface area is 164 Å². The summed E-state index contributed by atoms with van der Waals surface area (Å²) in [5.74, 6) is 1.13. The first-order valence-electron chi connectivity index (χ1n) is 10.3. The Morgan fingerprint density at radius 3 is 2.75 bits per heavy atom. The van der Waals surface area contributed by atoms with Crippen LogP contribution in [0.3, 0.4) is 0 Å². The number of fused-ring (bicyclic) bond motifs is 3. The molecule has 4 aliphatic rings. The number of hydrogen-bond donors (Lipinski definition) is 1. The monoisotopic (exact) mass is 372 g/mol. The van der Waals surface area contributed by atoms with Crippen molar-refractivity contribution in [1.82, 2.24) is 19.8 Å². The number of pyridine rings is 1. The van der Waals surface area contributed by atoms with Crippen molar-refractivity contribution >= 4 is 16.8 Å². The van der Waals surface area contributed by atoms with Crippen molar-refractivity contribution in [2.75, 3.05) is 19.6 Å². The van der Waals surface area contributed by atoms with E-state index in [1.54, 1.807) is 0 Å². The number of amides is 1. The fourth-order valence-electron chi connectivity index (χ4n) is 5.95. The van der Waals surface area contributed by atoms with Gasteiger partial charge in [-0.2, -0.15) is 0 Å². The number of likely N-dealkylation sites (tertiary alicyclic amines) is 1. The minimum atomic E-state index is 0.174. The van der Waals surface area contributed by atoms with Crippen LogP contribution in [0.1, 0.15) is 34.7 Å². The molecule has 5 heteroatoms. The van der Waals surface area contributed by atoms with Crippen LogP contribution >= 0.6 is 0 Å². The lowest BCUT2D eigenvalue weighted by molar-refractivity contribution is -0.00336. The lowest BCUT2D eigenvalue weighted by Crippen LogP contribution is -2.60. The third kappa shape index (κ3) is 2.29. The minimum Gasteiger partial charge on any atom is -0.360 e. The SMILES string of the molecule is O=C(c1c[nH]c2ccccc12)N1CC(c2cccnc2)C2C1C1CCN2CC1. The summed E-state index contributed by atoms with van der Waals surface area (Å²) in [6.45, 7) is 3.11. The first kappa shape index (κ1) is 16.3. The molecule has 2 aromatic heterocycles. The van der Waals surface area contributed by atoms with E-state index in [2.05, 4.69) is 25.8 Å². The molecular formula is C23H24N4O. The van der Waals surface area contributed by atoms with E-state index in [9.17, 15) is 4.79 Å². The molecule has 28 heavy (non-hydrogen) atoms. The second-order valence-corrected chi connectivity index (χ2v) is 8.45.